The van der Waals surface area contributed by atoms with Crippen LogP contribution >= 0.6 is 30.4 Å². The number of carboxylic acids is 1. The number of aliphatic hydroxyl groups excluding tert-OH is 1. The van der Waals surface area contributed by atoms with E-state index in [-0.39, 0.29) is 51.4 Å². The van der Waals surface area contributed by atoms with Crippen LogP contribution in [-0.2, 0) is 16.0 Å². The number of rotatable bonds is 9. The number of thioether (sulfide) groups is 1. The number of carbonyl (C=O) groups excluding carboxylic acids is 2. The SMILES string of the molecule is C=CCNC(=O)C1NCSC1(C)C.Cc1c(O)cccc1C(=O)N[C@@H](Cc1ccccc1)[C@H](O)C(=O)O.[B][I-]I. The predicted molar refractivity (Wildman–Crippen MR) is 164 cm³/mol. The first-order chi connectivity index (χ1) is 18.9. The molecule has 13 heteroatoms. The summed E-state index contributed by atoms with van der Waals surface area (Å²) < 4.78 is -0.00868. The Morgan fingerprint density at radius 3 is 2.40 bits per heavy atom. The summed E-state index contributed by atoms with van der Waals surface area (Å²) in [6.45, 7) is 9.84. The van der Waals surface area contributed by atoms with E-state index in [1.54, 1.807) is 49.0 Å². The molecule has 0 saturated carbocycles. The first-order valence-corrected chi connectivity index (χ1v) is 20.7. The van der Waals surface area contributed by atoms with Crippen molar-refractivity contribution in [1.82, 2.24) is 16.0 Å². The molecule has 3 atom stereocenters. The van der Waals surface area contributed by atoms with Crippen molar-refractivity contribution in [3.8, 4) is 5.75 Å². The number of aliphatic carboxylic acids is 1. The van der Waals surface area contributed by atoms with Gasteiger partial charge in [0.2, 0.25) is 5.91 Å². The molecule has 2 aromatic rings. The third-order valence-corrected chi connectivity index (χ3v) is 7.20. The molecule has 218 valence electrons. The summed E-state index contributed by atoms with van der Waals surface area (Å²) in [4.78, 5) is 35.1. The van der Waals surface area contributed by atoms with Crippen molar-refractivity contribution in [2.75, 3.05) is 12.4 Å². The average Bonchev–Trinajstić information content (AvgIpc) is 3.28. The minimum atomic E-state index is -1.74. The number of nitrogens with one attached hydrogen (secondary N) is 3. The van der Waals surface area contributed by atoms with E-state index >= 15 is 0 Å². The van der Waals surface area contributed by atoms with Crippen LogP contribution < -0.4 is 33.0 Å². The van der Waals surface area contributed by atoms with Gasteiger partial charge in [-0.2, -0.15) is 0 Å². The van der Waals surface area contributed by atoms with Crippen LogP contribution in [0.4, 0.5) is 0 Å². The molecule has 1 heterocycles. The number of halogens is 2. The molecule has 0 spiro atoms. The standard InChI is InChI=1S/C18H19NO5.C9H16N2OS.BI2/c1-11-13(8-5-9-15(11)20)17(22)19-14(16(21)18(23)24)10-12-6-3-2-4-7-12;1-4-5-10-8(12)7-9(2,3)13-6-11-7;1-3-2/h2-9,14,16,20-21H,10H2,1H3,(H,19,22)(H,23,24);4,7,11H,1,5-6H2,2-3H3,(H,10,12);/q;;-1/t14-,16-;;/m0../s1. The van der Waals surface area contributed by atoms with Crippen LogP contribution in [0.25, 0.3) is 0 Å². The Labute approximate surface area is 260 Å². The number of hydrogen-bond acceptors (Lipinski definition) is 7. The van der Waals surface area contributed by atoms with Crippen LogP contribution in [0.3, 0.4) is 0 Å². The van der Waals surface area contributed by atoms with Gasteiger partial charge in [-0.1, -0.05) is 42.5 Å². The second-order valence-electron chi connectivity index (χ2n) is 9.15. The zero-order valence-electron chi connectivity index (χ0n) is 22.6. The van der Waals surface area contributed by atoms with Crippen LogP contribution in [0, 0.1) is 6.92 Å². The molecule has 9 nitrogen and oxygen atoms in total. The Kier molecular flexibility index (Phi) is 16.8. The van der Waals surface area contributed by atoms with E-state index in [0.717, 1.165) is 11.4 Å². The van der Waals surface area contributed by atoms with Gasteiger partial charge in [-0.3, -0.25) is 14.9 Å². The molecule has 1 fully saturated rings. The molecule has 3 rings (SSSR count). The van der Waals surface area contributed by atoms with E-state index in [9.17, 15) is 24.6 Å². The van der Waals surface area contributed by atoms with Gasteiger partial charge in [0, 0.05) is 28.3 Å². The van der Waals surface area contributed by atoms with E-state index in [4.69, 9.17) is 10.8 Å². The number of amides is 2. The number of hydrogen-bond donors (Lipinski definition) is 6. The minimum absolute atomic E-state index is 0.00868. The molecule has 2 aromatic carbocycles. The molecule has 1 unspecified atom stereocenters. The topological polar surface area (TPSA) is 148 Å². The van der Waals surface area contributed by atoms with Crippen molar-refractivity contribution >= 4 is 53.9 Å². The molecule has 2 amide bonds. The monoisotopic (exact) mass is 794 g/mol. The molecule has 2 radical (unpaired) electrons. The summed E-state index contributed by atoms with van der Waals surface area (Å²) in [5.41, 5.74) is 6.35. The third-order valence-electron chi connectivity index (χ3n) is 5.91. The molecule has 1 aliphatic heterocycles. The molecule has 1 aliphatic rings. The van der Waals surface area contributed by atoms with Gasteiger partial charge >= 0.3 is 47.3 Å². The van der Waals surface area contributed by atoms with Crippen molar-refractivity contribution in [1.29, 1.82) is 0 Å². The van der Waals surface area contributed by atoms with Crippen LogP contribution in [0.15, 0.2) is 61.2 Å². The number of phenols is 1. The van der Waals surface area contributed by atoms with Gasteiger partial charge in [0.05, 0.1) is 6.04 Å². The number of carboxylic acid groups (broad SMARTS) is 1. The Hall–Kier alpha value is -1.82. The van der Waals surface area contributed by atoms with Gasteiger partial charge in [-0.15, -0.1) is 18.3 Å². The zero-order valence-corrected chi connectivity index (χ0v) is 27.7. The van der Waals surface area contributed by atoms with E-state index in [1.807, 2.05) is 6.07 Å². The summed E-state index contributed by atoms with van der Waals surface area (Å²) >= 11 is 4.01. The molecular formula is C27H35BI2N3O6S-. The summed E-state index contributed by atoms with van der Waals surface area (Å²) in [7, 11) is 0. The zero-order chi connectivity index (χ0) is 30.3. The summed E-state index contributed by atoms with van der Waals surface area (Å²) in [6, 6.07) is 12.4. The number of aromatic hydroxyl groups is 1. The maximum absolute atomic E-state index is 12.4. The Balaban J connectivity index is 0.000000420. The average molecular weight is 794 g/mol. The summed E-state index contributed by atoms with van der Waals surface area (Å²) in [5, 5.41) is 37.2. The van der Waals surface area contributed by atoms with Gasteiger partial charge in [0.25, 0.3) is 5.91 Å². The second-order valence-corrected chi connectivity index (χ2v) is 14.4. The second kappa shape index (κ2) is 18.6. The molecule has 6 N–H and O–H groups in total. The van der Waals surface area contributed by atoms with Crippen LogP contribution in [0.2, 0.25) is 0 Å². The Bertz CT molecular complexity index is 1130. The van der Waals surface area contributed by atoms with Crippen LogP contribution in [0.1, 0.15) is 35.3 Å². The molecule has 1 saturated heterocycles. The van der Waals surface area contributed by atoms with Crippen molar-refractivity contribution in [3.63, 3.8) is 0 Å². The number of aliphatic hydroxyl groups is 1. The predicted octanol–water partition coefficient (Wildman–Crippen LogP) is -0.274. The van der Waals surface area contributed by atoms with Crippen molar-refractivity contribution in [2.24, 2.45) is 0 Å². The molecule has 0 aliphatic carbocycles. The van der Waals surface area contributed by atoms with E-state index in [1.165, 1.54) is 18.2 Å². The Morgan fingerprint density at radius 1 is 1.25 bits per heavy atom. The van der Waals surface area contributed by atoms with Crippen LogP contribution in [-0.4, -0.2) is 74.2 Å². The van der Waals surface area contributed by atoms with Crippen molar-refractivity contribution in [2.45, 2.75) is 50.1 Å². The number of benzene rings is 2. The summed E-state index contributed by atoms with van der Waals surface area (Å²) in [5.74, 6) is -1.08. The normalized spacial score (nSPS) is 16.7. The van der Waals surface area contributed by atoms with E-state index in [0.29, 0.717) is 12.1 Å². The van der Waals surface area contributed by atoms with Crippen LogP contribution in [0.5, 0.6) is 5.75 Å². The van der Waals surface area contributed by atoms with Gasteiger partial charge in [0.15, 0.2) is 6.10 Å². The quantitative estimate of drug-likeness (QED) is 0.116. The van der Waals surface area contributed by atoms with E-state index in [2.05, 4.69) is 55.0 Å². The van der Waals surface area contributed by atoms with Gasteiger partial charge in [-0.05, 0) is 44.9 Å². The maximum atomic E-state index is 12.4. The first kappa shape index (κ1) is 36.2. The van der Waals surface area contributed by atoms with Gasteiger partial charge < -0.3 is 26.0 Å². The Morgan fingerprint density at radius 2 is 1.88 bits per heavy atom. The summed E-state index contributed by atoms with van der Waals surface area (Å²) in [6.07, 6.45) is 0.108. The van der Waals surface area contributed by atoms with Crippen molar-refractivity contribution < 1.29 is 46.7 Å². The fraction of sp³-hybridized carbons (Fsp3) is 0.370. The fourth-order valence-electron chi connectivity index (χ4n) is 3.72. The van der Waals surface area contributed by atoms with Gasteiger partial charge in [0.1, 0.15) is 11.8 Å². The van der Waals surface area contributed by atoms with E-state index < -0.39 is 24.0 Å². The number of carbonyl (C=O) groups is 3. The first-order valence-electron chi connectivity index (χ1n) is 12.1. The third kappa shape index (κ3) is 12.0. The fourth-order valence-corrected chi connectivity index (χ4v) is 4.70. The van der Waals surface area contributed by atoms with Crippen molar-refractivity contribution in [3.05, 3.63) is 77.9 Å². The number of phenolic OH excluding ortho intramolecular Hbond substituents is 1. The molecule has 0 bridgehead atoms. The molecule has 0 aromatic heterocycles. The molecule has 40 heavy (non-hydrogen) atoms. The van der Waals surface area contributed by atoms with Gasteiger partial charge in [-0.25, -0.2) is 4.79 Å². The molecular weight excluding hydrogens is 759 g/mol.